The Morgan fingerprint density at radius 2 is 2.14 bits per heavy atom. The molecule has 1 aromatic rings. The number of aliphatic hydroxyl groups is 1. The van der Waals surface area contributed by atoms with Crippen LogP contribution in [0.5, 0.6) is 0 Å². The number of hydrogen-bond acceptors (Lipinski definition) is 2. The van der Waals surface area contributed by atoms with Crippen LogP contribution in [0.4, 0.5) is 13.2 Å². The van der Waals surface area contributed by atoms with Crippen LogP contribution in [0.2, 0.25) is 0 Å². The van der Waals surface area contributed by atoms with Gasteiger partial charge in [-0.3, -0.25) is 0 Å². The number of alkyl halides is 3. The van der Waals surface area contributed by atoms with Crippen LogP contribution in [-0.4, -0.2) is 23.4 Å². The predicted octanol–water partition coefficient (Wildman–Crippen LogP) is 3.96. The number of rotatable bonds is 4. The zero-order valence-electron chi connectivity index (χ0n) is 12.1. The molecular weight excluding hydrogens is 281 g/mol. The number of ether oxygens (including phenoxy) is 1. The predicted molar refractivity (Wildman–Crippen MR) is 74.0 cm³/mol. The molecule has 1 aliphatic rings. The molecule has 1 saturated heterocycles. The first-order chi connectivity index (χ1) is 9.82. The van der Waals surface area contributed by atoms with Gasteiger partial charge in [-0.05, 0) is 24.5 Å². The van der Waals surface area contributed by atoms with Crippen LogP contribution in [0.25, 0.3) is 0 Å². The molecule has 2 atom stereocenters. The van der Waals surface area contributed by atoms with E-state index in [2.05, 4.69) is 0 Å². The van der Waals surface area contributed by atoms with Gasteiger partial charge in [0.1, 0.15) is 0 Å². The van der Waals surface area contributed by atoms with E-state index in [4.69, 9.17) is 4.74 Å². The van der Waals surface area contributed by atoms with Gasteiger partial charge in [-0.25, -0.2) is 0 Å². The number of halogens is 3. The summed E-state index contributed by atoms with van der Waals surface area (Å²) in [4.78, 5) is 0. The zero-order chi connectivity index (χ0) is 15.5. The van der Waals surface area contributed by atoms with Crippen LogP contribution < -0.4 is 0 Å². The van der Waals surface area contributed by atoms with Crippen molar-refractivity contribution in [2.24, 2.45) is 0 Å². The Labute approximate surface area is 122 Å². The van der Waals surface area contributed by atoms with Crippen LogP contribution in [0.3, 0.4) is 0 Å². The monoisotopic (exact) mass is 302 g/mol. The van der Waals surface area contributed by atoms with E-state index in [1.807, 2.05) is 6.92 Å². The molecular formula is C16H21F3O2. The molecule has 1 aromatic carbocycles. The molecule has 1 N–H and O–H groups in total. The number of benzene rings is 1. The molecule has 2 rings (SSSR count). The summed E-state index contributed by atoms with van der Waals surface area (Å²) in [6.07, 6.45) is -1.34. The minimum atomic E-state index is -4.35. The minimum absolute atomic E-state index is 0.000418. The minimum Gasteiger partial charge on any atom is -0.389 e. The second-order valence-electron chi connectivity index (χ2n) is 5.83. The fourth-order valence-corrected chi connectivity index (χ4v) is 2.91. The van der Waals surface area contributed by atoms with E-state index in [9.17, 15) is 18.3 Å². The van der Waals surface area contributed by atoms with Crippen LogP contribution in [0.15, 0.2) is 24.3 Å². The average Bonchev–Trinajstić information content (AvgIpc) is 2.38. The summed E-state index contributed by atoms with van der Waals surface area (Å²) in [7, 11) is 0. The lowest BCUT2D eigenvalue weighted by atomic mass is 9.83. The maximum Gasteiger partial charge on any atom is 0.416 e. The Bertz CT molecular complexity index is 471. The summed E-state index contributed by atoms with van der Waals surface area (Å²) < 4.78 is 43.8. The summed E-state index contributed by atoms with van der Waals surface area (Å²) >= 11 is 0. The molecule has 2 nitrogen and oxygen atoms in total. The highest BCUT2D eigenvalue weighted by atomic mass is 19.4. The molecule has 1 heterocycles. The van der Waals surface area contributed by atoms with Gasteiger partial charge in [-0.2, -0.15) is 13.2 Å². The fourth-order valence-electron chi connectivity index (χ4n) is 2.91. The summed E-state index contributed by atoms with van der Waals surface area (Å²) in [6.45, 7) is 2.50. The van der Waals surface area contributed by atoms with Crippen molar-refractivity contribution in [1.29, 1.82) is 0 Å². The van der Waals surface area contributed by atoms with E-state index >= 15 is 0 Å². The van der Waals surface area contributed by atoms with E-state index in [1.54, 1.807) is 6.07 Å². The van der Waals surface area contributed by atoms with Crippen molar-refractivity contribution >= 4 is 0 Å². The molecule has 1 aliphatic heterocycles. The molecule has 21 heavy (non-hydrogen) atoms. The standard InChI is InChI=1S/C16H21F3O2/c1-2-4-14-11-15(20,7-8-21-14)10-12-5-3-6-13(9-12)16(17,18)19/h3,5-6,9,14,20H,2,4,7-8,10-11H2,1H3. The van der Waals surface area contributed by atoms with Crippen LogP contribution in [-0.2, 0) is 17.3 Å². The molecule has 0 radical (unpaired) electrons. The first-order valence-corrected chi connectivity index (χ1v) is 7.32. The van der Waals surface area contributed by atoms with E-state index < -0.39 is 17.3 Å². The van der Waals surface area contributed by atoms with Crippen molar-refractivity contribution in [2.45, 2.75) is 56.9 Å². The lowest BCUT2D eigenvalue weighted by Crippen LogP contribution is -2.42. The Balaban J connectivity index is 2.09. The van der Waals surface area contributed by atoms with E-state index in [-0.39, 0.29) is 12.5 Å². The average molecular weight is 302 g/mol. The van der Waals surface area contributed by atoms with Crippen molar-refractivity contribution in [3.8, 4) is 0 Å². The van der Waals surface area contributed by atoms with E-state index in [0.29, 0.717) is 25.0 Å². The highest BCUT2D eigenvalue weighted by Gasteiger charge is 2.36. The van der Waals surface area contributed by atoms with E-state index in [0.717, 1.165) is 25.0 Å². The molecule has 0 aromatic heterocycles. The third kappa shape index (κ3) is 4.45. The quantitative estimate of drug-likeness (QED) is 0.912. The highest BCUT2D eigenvalue weighted by molar-refractivity contribution is 5.27. The Morgan fingerprint density at radius 1 is 1.38 bits per heavy atom. The first kappa shape index (κ1) is 16.3. The van der Waals surface area contributed by atoms with Gasteiger partial charge in [0.05, 0.1) is 17.3 Å². The van der Waals surface area contributed by atoms with Gasteiger partial charge in [0.15, 0.2) is 0 Å². The van der Waals surface area contributed by atoms with Crippen molar-refractivity contribution in [2.75, 3.05) is 6.61 Å². The lowest BCUT2D eigenvalue weighted by Gasteiger charge is -2.37. The van der Waals surface area contributed by atoms with Gasteiger partial charge in [0.25, 0.3) is 0 Å². The fraction of sp³-hybridized carbons (Fsp3) is 0.625. The van der Waals surface area contributed by atoms with Crippen molar-refractivity contribution in [3.05, 3.63) is 35.4 Å². The van der Waals surface area contributed by atoms with Crippen LogP contribution in [0.1, 0.15) is 43.7 Å². The van der Waals surface area contributed by atoms with Crippen LogP contribution in [0, 0.1) is 0 Å². The summed E-state index contributed by atoms with van der Waals surface area (Å²) in [5.41, 5.74) is -1.12. The Hall–Kier alpha value is -1.07. The molecule has 118 valence electrons. The maximum atomic E-state index is 12.7. The van der Waals surface area contributed by atoms with Crippen molar-refractivity contribution in [3.63, 3.8) is 0 Å². The molecule has 0 spiro atoms. The largest absolute Gasteiger partial charge is 0.416 e. The van der Waals surface area contributed by atoms with E-state index in [1.165, 1.54) is 6.07 Å². The SMILES string of the molecule is CCCC1CC(O)(Cc2cccc(C(F)(F)F)c2)CCO1. The van der Waals surface area contributed by atoms with Gasteiger partial charge in [0.2, 0.25) is 0 Å². The summed E-state index contributed by atoms with van der Waals surface area (Å²) in [5, 5.41) is 10.7. The third-order valence-electron chi connectivity index (χ3n) is 3.93. The van der Waals surface area contributed by atoms with Gasteiger partial charge in [0, 0.05) is 19.4 Å². The van der Waals surface area contributed by atoms with Crippen LogP contribution >= 0.6 is 0 Å². The number of hydrogen-bond donors (Lipinski definition) is 1. The Morgan fingerprint density at radius 3 is 2.81 bits per heavy atom. The summed E-state index contributed by atoms with van der Waals surface area (Å²) in [6, 6.07) is 5.21. The molecule has 5 heteroatoms. The third-order valence-corrected chi connectivity index (χ3v) is 3.93. The Kier molecular flexibility index (Phi) is 4.94. The normalized spacial score (nSPS) is 26.8. The zero-order valence-corrected chi connectivity index (χ0v) is 12.1. The van der Waals surface area contributed by atoms with Crippen molar-refractivity contribution in [1.82, 2.24) is 0 Å². The van der Waals surface area contributed by atoms with Gasteiger partial charge in [-0.15, -0.1) is 0 Å². The first-order valence-electron chi connectivity index (χ1n) is 7.32. The molecule has 0 aliphatic carbocycles. The lowest BCUT2D eigenvalue weighted by molar-refractivity contribution is -0.137. The highest BCUT2D eigenvalue weighted by Crippen LogP contribution is 2.33. The second-order valence-corrected chi connectivity index (χ2v) is 5.83. The topological polar surface area (TPSA) is 29.5 Å². The summed E-state index contributed by atoms with van der Waals surface area (Å²) in [5.74, 6) is 0. The molecule has 1 fully saturated rings. The molecule has 0 saturated carbocycles. The molecule has 2 unspecified atom stereocenters. The van der Waals surface area contributed by atoms with Gasteiger partial charge >= 0.3 is 6.18 Å². The second kappa shape index (κ2) is 6.36. The van der Waals surface area contributed by atoms with Gasteiger partial charge in [-0.1, -0.05) is 31.5 Å². The molecule has 0 amide bonds. The van der Waals surface area contributed by atoms with Crippen molar-refractivity contribution < 1.29 is 23.0 Å². The molecule has 0 bridgehead atoms. The maximum absolute atomic E-state index is 12.7. The van der Waals surface area contributed by atoms with Gasteiger partial charge < -0.3 is 9.84 Å². The smallest absolute Gasteiger partial charge is 0.389 e.